The van der Waals surface area contributed by atoms with Gasteiger partial charge in [0.15, 0.2) is 0 Å². The molecular formula is C14H21NO4. The molecule has 0 bridgehead atoms. The Morgan fingerprint density at radius 3 is 2.26 bits per heavy atom. The lowest BCUT2D eigenvalue weighted by Gasteiger charge is -2.24. The third-order valence-corrected chi connectivity index (χ3v) is 3.00. The first-order chi connectivity index (χ1) is 9.11. The molecule has 0 spiro atoms. The van der Waals surface area contributed by atoms with Gasteiger partial charge in [-0.2, -0.15) is 0 Å². The number of esters is 1. The fourth-order valence-electron chi connectivity index (χ4n) is 1.88. The highest BCUT2D eigenvalue weighted by Gasteiger charge is 2.36. The Hall–Kier alpha value is -1.65. The van der Waals surface area contributed by atoms with Crippen LogP contribution >= 0.6 is 0 Å². The number of hydrogen-bond acceptors (Lipinski definition) is 4. The molecular weight excluding hydrogens is 246 g/mol. The van der Waals surface area contributed by atoms with Gasteiger partial charge in [-0.25, -0.2) is 4.79 Å². The van der Waals surface area contributed by atoms with Crippen molar-refractivity contribution < 1.29 is 19.1 Å². The standard InChI is InChI=1S/C14H21NO4/c1-3-5-7-11(14(18)19-10-6-4-2)15-12(16)8-9-13(15)17/h8-9,11H,3-7,10H2,1-2H3. The van der Waals surface area contributed by atoms with Crippen LogP contribution in [0.4, 0.5) is 0 Å². The van der Waals surface area contributed by atoms with Crippen molar-refractivity contribution in [1.29, 1.82) is 0 Å². The molecule has 0 radical (unpaired) electrons. The molecule has 1 atom stereocenters. The van der Waals surface area contributed by atoms with E-state index in [1.807, 2.05) is 13.8 Å². The van der Waals surface area contributed by atoms with Crippen molar-refractivity contribution in [3.63, 3.8) is 0 Å². The minimum atomic E-state index is -0.785. The highest BCUT2D eigenvalue weighted by Crippen LogP contribution is 2.16. The second-order valence-electron chi connectivity index (χ2n) is 4.56. The lowest BCUT2D eigenvalue weighted by Crippen LogP contribution is -2.45. The van der Waals surface area contributed by atoms with Gasteiger partial charge in [0.25, 0.3) is 11.8 Å². The summed E-state index contributed by atoms with van der Waals surface area (Å²) in [7, 11) is 0. The van der Waals surface area contributed by atoms with Gasteiger partial charge in [0.2, 0.25) is 0 Å². The molecule has 1 aliphatic heterocycles. The minimum Gasteiger partial charge on any atom is -0.464 e. The van der Waals surface area contributed by atoms with Crippen LogP contribution in [0.2, 0.25) is 0 Å². The molecule has 0 saturated carbocycles. The number of imide groups is 1. The summed E-state index contributed by atoms with van der Waals surface area (Å²) in [5.74, 6) is -1.34. The van der Waals surface area contributed by atoms with Crippen molar-refractivity contribution in [1.82, 2.24) is 4.90 Å². The highest BCUT2D eigenvalue weighted by atomic mass is 16.5. The maximum absolute atomic E-state index is 12.0. The molecule has 1 aliphatic rings. The first-order valence-corrected chi connectivity index (χ1v) is 6.83. The summed E-state index contributed by atoms with van der Waals surface area (Å²) < 4.78 is 5.14. The van der Waals surface area contributed by atoms with Crippen LogP contribution in [0.1, 0.15) is 46.0 Å². The van der Waals surface area contributed by atoms with Crippen molar-refractivity contribution in [2.45, 2.75) is 52.0 Å². The van der Waals surface area contributed by atoms with Gasteiger partial charge in [0.05, 0.1) is 6.61 Å². The lowest BCUT2D eigenvalue weighted by atomic mass is 10.1. The maximum Gasteiger partial charge on any atom is 0.329 e. The van der Waals surface area contributed by atoms with E-state index < -0.39 is 23.8 Å². The van der Waals surface area contributed by atoms with Gasteiger partial charge in [-0.05, 0) is 12.8 Å². The molecule has 0 aliphatic carbocycles. The largest absolute Gasteiger partial charge is 0.464 e. The zero-order valence-corrected chi connectivity index (χ0v) is 11.6. The minimum absolute atomic E-state index is 0.335. The number of unbranched alkanes of at least 4 members (excludes halogenated alkanes) is 2. The van der Waals surface area contributed by atoms with Gasteiger partial charge < -0.3 is 4.74 Å². The third kappa shape index (κ3) is 4.19. The monoisotopic (exact) mass is 267 g/mol. The summed E-state index contributed by atoms with van der Waals surface area (Å²) in [6.07, 6.45) is 6.22. The topological polar surface area (TPSA) is 63.7 Å². The zero-order chi connectivity index (χ0) is 14.3. The highest BCUT2D eigenvalue weighted by molar-refractivity contribution is 6.14. The summed E-state index contributed by atoms with van der Waals surface area (Å²) in [6, 6.07) is -0.785. The van der Waals surface area contributed by atoms with Crippen LogP contribution in [-0.2, 0) is 19.1 Å². The summed E-state index contributed by atoms with van der Waals surface area (Å²) in [4.78, 5) is 36.3. The molecule has 5 nitrogen and oxygen atoms in total. The SMILES string of the molecule is CCCCOC(=O)C(CCCC)N1C(=O)C=CC1=O. The van der Waals surface area contributed by atoms with Crippen molar-refractivity contribution >= 4 is 17.8 Å². The Labute approximate surface area is 113 Å². The summed E-state index contributed by atoms with van der Waals surface area (Å²) >= 11 is 0. The summed E-state index contributed by atoms with van der Waals surface area (Å²) in [5.41, 5.74) is 0. The van der Waals surface area contributed by atoms with Crippen LogP contribution in [0, 0.1) is 0 Å². The van der Waals surface area contributed by atoms with Gasteiger partial charge in [-0.3, -0.25) is 14.5 Å². The van der Waals surface area contributed by atoms with E-state index in [0.29, 0.717) is 13.0 Å². The maximum atomic E-state index is 12.0. The third-order valence-electron chi connectivity index (χ3n) is 3.00. The van der Waals surface area contributed by atoms with Crippen molar-refractivity contribution in [3.05, 3.63) is 12.2 Å². The van der Waals surface area contributed by atoms with Crippen LogP contribution in [0.15, 0.2) is 12.2 Å². The van der Waals surface area contributed by atoms with Gasteiger partial charge in [-0.1, -0.05) is 33.1 Å². The van der Waals surface area contributed by atoms with E-state index in [2.05, 4.69) is 0 Å². The molecule has 0 fully saturated rings. The number of amides is 2. The van der Waals surface area contributed by atoms with Gasteiger partial charge >= 0.3 is 5.97 Å². The van der Waals surface area contributed by atoms with E-state index in [-0.39, 0.29) is 0 Å². The molecule has 1 rings (SSSR count). The fourth-order valence-corrected chi connectivity index (χ4v) is 1.88. The smallest absolute Gasteiger partial charge is 0.329 e. The van der Waals surface area contributed by atoms with E-state index >= 15 is 0 Å². The molecule has 1 heterocycles. The average Bonchev–Trinajstić information content (AvgIpc) is 2.71. The first kappa shape index (κ1) is 15.4. The number of rotatable bonds is 8. The Balaban J connectivity index is 2.68. The second-order valence-corrected chi connectivity index (χ2v) is 4.56. The van der Waals surface area contributed by atoms with Crippen LogP contribution in [0.5, 0.6) is 0 Å². The molecule has 0 aromatic heterocycles. The number of hydrogen-bond donors (Lipinski definition) is 0. The van der Waals surface area contributed by atoms with E-state index in [0.717, 1.165) is 30.6 Å². The molecule has 0 aromatic rings. The molecule has 0 N–H and O–H groups in total. The Bertz CT molecular complexity index is 358. The van der Waals surface area contributed by atoms with E-state index in [1.54, 1.807) is 0 Å². The number of carbonyl (C=O) groups excluding carboxylic acids is 3. The number of carbonyl (C=O) groups is 3. The molecule has 0 saturated heterocycles. The molecule has 1 unspecified atom stereocenters. The van der Waals surface area contributed by atoms with Crippen molar-refractivity contribution in [2.75, 3.05) is 6.61 Å². The van der Waals surface area contributed by atoms with Crippen LogP contribution < -0.4 is 0 Å². The quantitative estimate of drug-likeness (QED) is 0.382. The van der Waals surface area contributed by atoms with Gasteiger partial charge in [0, 0.05) is 12.2 Å². The van der Waals surface area contributed by atoms with Crippen LogP contribution in [-0.4, -0.2) is 35.3 Å². The Morgan fingerprint density at radius 2 is 1.74 bits per heavy atom. The van der Waals surface area contributed by atoms with E-state index in [9.17, 15) is 14.4 Å². The Morgan fingerprint density at radius 1 is 1.16 bits per heavy atom. The second kappa shape index (κ2) is 7.71. The fraction of sp³-hybridized carbons (Fsp3) is 0.643. The number of nitrogens with zero attached hydrogens (tertiary/aromatic N) is 1. The molecule has 2 amide bonds. The van der Waals surface area contributed by atoms with Gasteiger partial charge in [-0.15, -0.1) is 0 Å². The van der Waals surface area contributed by atoms with Crippen LogP contribution in [0.25, 0.3) is 0 Å². The first-order valence-electron chi connectivity index (χ1n) is 6.83. The predicted octanol–water partition coefficient (Wildman–Crippen LogP) is 1.81. The summed E-state index contributed by atoms with van der Waals surface area (Å²) in [6.45, 7) is 4.33. The molecule has 0 aromatic carbocycles. The number of ether oxygens (including phenoxy) is 1. The molecule has 19 heavy (non-hydrogen) atoms. The van der Waals surface area contributed by atoms with Crippen molar-refractivity contribution in [3.8, 4) is 0 Å². The molecule has 106 valence electrons. The molecule has 5 heteroatoms. The van der Waals surface area contributed by atoms with E-state index in [1.165, 1.54) is 12.2 Å². The van der Waals surface area contributed by atoms with E-state index in [4.69, 9.17) is 4.74 Å². The zero-order valence-electron chi connectivity index (χ0n) is 11.6. The van der Waals surface area contributed by atoms with Gasteiger partial charge in [0.1, 0.15) is 6.04 Å². The van der Waals surface area contributed by atoms with Crippen molar-refractivity contribution in [2.24, 2.45) is 0 Å². The predicted molar refractivity (Wildman–Crippen MR) is 70.2 cm³/mol. The Kier molecular flexibility index (Phi) is 6.25. The normalized spacial score (nSPS) is 16.0. The lowest BCUT2D eigenvalue weighted by molar-refractivity contribution is -0.158. The summed E-state index contributed by atoms with van der Waals surface area (Å²) in [5, 5.41) is 0. The average molecular weight is 267 g/mol. The van der Waals surface area contributed by atoms with Crippen LogP contribution in [0.3, 0.4) is 0 Å².